The van der Waals surface area contributed by atoms with Crippen molar-refractivity contribution in [1.82, 2.24) is 10.2 Å². The van der Waals surface area contributed by atoms with E-state index in [4.69, 9.17) is 9.15 Å². The second kappa shape index (κ2) is 8.46. The molecule has 0 aliphatic heterocycles. The van der Waals surface area contributed by atoms with Gasteiger partial charge in [0.25, 0.3) is 5.91 Å². The van der Waals surface area contributed by atoms with Crippen molar-refractivity contribution in [3.63, 3.8) is 0 Å². The minimum Gasteiger partial charge on any atom is -0.464 e. The summed E-state index contributed by atoms with van der Waals surface area (Å²) in [5, 5.41) is 2.55. The normalized spacial score (nSPS) is 12.2. The molecule has 6 heteroatoms. The highest BCUT2D eigenvalue weighted by molar-refractivity contribution is 5.94. The Morgan fingerprint density at radius 2 is 1.95 bits per heavy atom. The SMILES string of the molecule is CCOC(=O)C(C)NC(=O)c1ccc(CN(CC)CC)o1. The van der Waals surface area contributed by atoms with Gasteiger partial charge in [0.1, 0.15) is 11.8 Å². The smallest absolute Gasteiger partial charge is 0.328 e. The lowest BCUT2D eigenvalue weighted by Crippen LogP contribution is -2.39. The van der Waals surface area contributed by atoms with E-state index < -0.39 is 17.9 Å². The third-order valence-electron chi connectivity index (χ3n) is 3.15. The molecule has 0 fully saturated rings. The maximum absolute atomic E-state index is 12.0. The Bertz CT molecular complexity index is 466. The van der Waals surface area contributed by atoms with Crippen molar-refractivity contribution in [1.29, 1.82) is 0 Å². The summed E-state index contributed by atoms with van der Waals surface area (Å²) in [7, 11) is 0. The zero-order valence-corrected chi connectivity index (χ0v) is 13.1. The van der Waals surface area contributed by atoms with Crippen LogP contribution in [0.25, 0.3) is 0 Å². The molecule has 0 spiro atoms. The van der Waals surface area contributed by atoms with Crippen LogP contribution in [0, 0.1) is 0 Å². The maximum Gasteiger partial charge on any atom is 0.328 e. The van der Waals surface area contributed by atoms with Crippen LogP contribution in [-0.2, 0) is 16.1 Å². The van der Waals surface area contributed by atoms with Gasteiger partial charge in [0.2, 0.25) is 0 Å². The Kier molecular flexibility index (Phi) is 6.94. The molecular formula is C15H24N2O4. The lowest BCUT2D eigenvalue weighted by Gasteiger charge is -2.15. The molecule has 0 aliphatic rings. The number of rotatable bonds is 8. The van der Waals surface area contributed by atoms with Crippen LogP contribution >= 0.6 is 0 Å². The zero-order chi connectivity index (χ0) is 15.8. The Morgan fingerprint density at radius 3 is 2.52 bits per heavy atom. The first kappa shape index (κ1) is 17.2. The lowest BCUT2D eigenvalue weighted by molar-refractivity contribution is -0.144. The number of carbonyl (C=O) groups excluding carboxylic acids is 2. The van der Waals surface area contributed by atoms with Crippen molar-refractivity contribution in [2.45, 2.75) is 40.3 Å². The van der Waals surface area contributed by atoms with E-state index in [0.29, 0.717) is 6.54 Å². The minimum absolute atomic E-state index is 0.202. The number of nitrogens with one attached hydrogen (secondary N) is 1. The number of nitrogens with zero attached hydrogens (tertiary/aromatic N) is 1. The summed E-state index contributed by atoms with van der Waals surface area (Å²) in [6.45, 7) is 10.2. The molecule has 0 aliphatic carbocycles. The molecule has 0 aromatic carbocycles. The topological polar surface area (TPSA) is 71.8 Å². The quantitative estimate of drug-likeness (QED) is 0.741. The summed E-state index contributed by atoms with van der Waals surface area (Å²) in [6.07, 6.45) is 0. The van der Waals surface area contributed by atoms with Crippen molar-refractivity contribution >= 4 is 11.9 Å². The Morgan fingerprint density at radius 1 is 1.29 bits per heavy atom. The summed E-state index contributed by atoms with van der Waals surface area (Å²) < 4.78 is 10.4. The predicted molar refractivity (Wildman–Crippen MR) is 78.9 cm³/mol. The van der Waals surface area contributed by atoms with Crippen molar-refractivity contribution in [2.24, 2.45) is 0 Å². The van der Waals surface area contributed by atoms with Crippen molar-refractivity contribution in [3.05, 3.63) is 23.7 Å². The molecular weight excluding hydrogens is 272 g/mol. The molecule has 6 nitrogen and oxygen atoms in total. The van der Waals surface area contributed by atoms with Crippen LogP contribution < -0.4 is 5.32 Å². The second-order valence-corrected chi connectivity index (χ2v) is 4.67. The van der Waals surface area contributed by atoms with Crippen LogP contribution in [-0.4, -0.2) is 42.5 Å². The van der Waals surface area contributed by atoms with Crippen LogP contribution in [0.3, 0.4) is 0 Å². The number of carbonyl (C=O) groups is 2. The highest BCUT2D eigenvalue weighted by Crippen LogP contribution is 2.11. The summed E-state index contributed by atoms with van der Waals surface area (Å²) in [4.78, 5) is 25.6. The number of ether oxygens (including phenoxy) is 1. The highest BCUT2D eigenvalue weighted by Gasteiger charge is 2.19. The summed E-state index contributed by atoms with van der Waals surface area (Å²) in [5.74, 6) is 0.0584. The fraction of sp³-hybridized carbons (Fsp3) is 0.600. The lowest BCUT2D eigenvalue weighted by atomic mass is 10.3. The second-order valence-electron chi connectivity index (χ2n) is 4.67. The number of hydrogen-bond acceptors (Lipinski definition) is 5. The van der Waals surface area contributed by atoms with E-state index >= 15 is 0 Å². The van der Waals surface area contributed by atoms with Gasteiger partial charge in [-0.25, -0.2) is 4.79 Å². The van der Waals surface area contributed by atoms with Gasteiger partial charge >= 0.3 is 5.97 Å². The van der Waals surface area contributed by atoms with E-state index in [9.17, 15) is 9.59 Å². The molecule has 1 heterocycles. The van der Waals surface area contributed by atoms with Gasteiger partial charge in [0, 0.05) is 0 Å². The number of hydrogen-bond donors (Lipinski definition) is 1. The van der Waals surface area contributed by atoms with E-state index in [-0.39, 0.29) is 12.4 Å². The molecule has 0 radical (unpaired) electrons. The van der Waals surface area contributed by atoms with E-state index in [1.165, 1.54) is 0 Å². The van der Waals surface area contributed by atoms with Gasteiger partial charge in [0.05, 0.1) is 13.2 Å². The van der Waals surface area contributed by atoms with E-state index in [1.54, 1.807) is 26.0 Å². The molecule has 1 N–H and O–H groups in total. The average molecular weight is 296 g/mol. The first-order valence-electron chi connectivity index (χ1n) is 7.30. The van der Waals surface area contributed by atoms with Crippen molar-refractivity contribution < 1.29 is 18.7 Å². The number of furan rings is 1. The van der Waals surface area contributed by atoms with Crippen LogP contribution in [0.5, 0.6) is 0 Å². The Labute approximate surface area is 125 Å². The predicted octanol–water partition coefficient (Wildman–Crippen LogP) is 1.80. The molecule has 0 saturated heterocycles. The highest BCUT2D eigenvalue weighted by atomic mass is 16.5. The molecule has 0 saturated carbocycles. The van der Waals surface area contributed by atoms with Gasteiger partial charge in [0.15, 0.2) is 5.76 Å². The Hall–Kier alpha value is -1.82. The van der Waals surface area contributed by atoms with Gasteiger partial charge in [-0.15, -0.1) is 0 Å². The summed E-state index contributed by atoms with van der Waals surface area (Å²) in [6, 6.07) is 2.70. The van der Waals surface area contributed by atoms with Crippen molar-refractivity contribution in [2.75, 3.05) is 19.7 Å². The summed E-state index contributed by atoms with van der Waals surface area (Å²) in [5.41, 5.74) is 0. The van der Waals surface area contributed by atoms with E-state index in [1.807, 2.05) is 0 Å². The van der Waals surface area contributed by atoms with Gasteiger partial charge < -0.3 is 14.5 Å². The monoisotopic (exact) mass is 296 g/mol. The van der Waals surface area contributed by atoms with Gasteiger partial charge in [-0.05, 0) is 39.1 Å². The van der Waals surface area contributed by atoms with Gasteiger partial charge in [-0.2, -0.15) is 0 Å². The molecule has 0 bridgehead atoms. The fourth-order valence-electron chi connectivity index (χ4n) is 1.85. The van der Waals surface area contributed by atoms with Crippen LogP contribution in [0.15, 0.2) is 16.5 Å². The molecule has 1 aromatic heterocycles. The van der Waals surface area contributed by atoms with Crippen LogP contribution in [0.2, 0.25) is 0 Å². The van der Waals surface area contributed by atoms with Gasteiger partial charge in [-0.3, -0.25) is 9.69 Å². The maximum atomic E-state index is 12.0. The minimum atomic E-state index is -0.700. The first-order chi connectivity index (χ1) is 10.0. The zero-order valence-electron chi connectivity index (χ0n) is 13.1. The summed E-state index contributed by atoms with van der Waals surface area (Å²) >= 11 is 0. The van der Waals surface area contributed by atoms with Crippen molar-refractivity contribution in [3.8, 4) is 0 Å². The molecule has 1 unspecified atom stereocenters. The molecule has 1 rings (SSSR count). The largest absolute Gasteiger partial charge is 0.464 e. The van der Waals surface area contributed by atoms with E-state index in [2.05, 4.69) is 24.1 Å². The molecule has 21 heavy (non-hydrogen) atoms. The van der Waals surface area contributed by atoms with Crippen LogP contribution in [0.1, 0.15) is 44.0 Å². The first-order valence-corrected chi connectivity index (χ1v) is 7.30. The third-order valence-corrected chi connectivity index (χ3v) is 3.15. The molecule has 1 atom stereocenters. The van der Waals surface area contributed by atoms with Crippen LogP contribution in [0.4, 0.5) is 0 Å². The van der Waals surface area contributed by atoms with E-state index in [0.717, 1.165) is 18.8 Å². The Balaban J connectivity index is 2.59. The third kappa shape index (κ3) is 5.23. The van der Waals surface area contributed by atoms with Gasteiger partial charge in [-0.1, -0.05) is 13.8 Å². The number of amides is 1. The molecule has 118 valence electrons. The molecule has 1 amide bonds. The molecule has 1 aromatic rings. The number of esters is 1. The average Bonchev–Trinajstić information content (AvgIpc) is 2.93. The fourth-order valence-corrected chi connectivity index (χ4v) is 1.85. The standard InChI is InChI=1S/C15H24N2O4/c1-5-17(6-2)10-12-8-9-13(21-12)14(18)16-11(4)15(19)20-7-3/h8-9,11H,5-7,10H2,1-4H3,(H,16,18).